The number of carbonyl (C=O) groups is 2. The molecule has 0 radical (unpaired) electrons. The third-order valence-corrected chi connectivity index (χ3v) is 6.33. The number of carboxylic acids is 1. The quantitative estimate of drug-likeness (QED) is 0.462. The molecule has 0 aromatic heterocycles. The molecule has 0 saturated heterocycles. The van der Waals surface area contributed by atoms with Crippen molar-refractivity contribution in [3.05, 3.63) is 101 Å². The van der Waals surface area contributed by atoms with E-state index in [1.54, 1.807) is 18.2 Å². The summed E-state index contributed by atoms with van der Waals surface area (Å²) in [7, 11) is 0. The van der Waals surface area contributed by atoms with E-state index >= 15 is 0 Å². The number of nitrogens with one attached hydrogen (secondary N) is 1. The van der Waals surface area contributed by atoms with E-state index in [2.05, 4.69) is 11.4 Å². The Labute approximate surface area is 189 Å². The minimum atomic E-state index is -0.977. The van der Waals surface area contributed by atoms with Gasteiger partial charge in [-0.25, -0.2) is 4.79 Å². The predicted octanol–water partition coefficient (Wildman–Crippen LogP) is 6.35. The first-order chi connectivity index (χ1) is 15.6. The van der Waals surface area contributed by atoms with Crippen molar-refractivity contribution in [1.29, 1.82) is 0 Å². The number of rotatable bonds is 7. The predicted molar refractivity (Wildman–Crippen MR) is 127 cm³/mol. The van der Waals surface area contributed by atoms with Gasteiger partial charge in [-0.2, -0.15) is 0 Å². The van der Waals surface area contributed by atoms with Gasteiger partial charge in [0, 0.05) is 11.3 Å². The minimum absolute atomic E-state index is 0.145. The van der Waals surface area contributed by atoms with Gasteiger partial charge >= 0.3 is 5.97 Å². The number of carbonyl (C=O) groups excluding carboxylic acids is 1. The Kier molecular flexibility index (Phi) is 7.00. The lowest BCUT2D eigenvalue weighted by atomic mass is 9.84. The monoisotopic (exact) mass is 427 g/mol. The summed E-state index contributed by atoms with van der Waals surface area (Å²) in [5, 5.41) is 12.5. The molecule has 1 aliphatic rings. The van der Waals surface area contributed by atoms with Gasteiger partial charge in [-0.05, 0) is 59.7 Å². The molecule has 4 heteroatoms. The maximum absolute atomic E-state index is 13.3. The van der Waals surface area contributed by atoms with Crippen LogP contribution in [-0.2, 0) is 12.8 Å². The fourth-order valence-corrected chi connectivity index (χ4v) is 4.62. The van der Waals surface area contributed by atoms with E-state index in [0.717, 1.165) is 23.1 Å². The molecule has 1 fully saturated rings. The summed E-state index contributed by atoms with van der Waals surface area (Å²) in [6.07, 6.45) is 7.80. The fourth-order valence-electron chi connectivity index (χ4n) is 4.62. The zero-order chi connectivity index (χ0) is 22.3. The number of hydrogen-bond donors (Lipinski definition) is 2. The van der Waals surface area contributed by atoms with Crippen molar-refractivity contribution in [2.75, 3.05) is 5.32 Å². The molecule has 4 rings (SSSR count). The smallest absolute Gasteiger partial charge is 0.335 e. The molecule has 32 heavy (non-hydrogen) atoms. The Morgan fingerprint density at radius 1 is 0.844 bits per heavy atom. The summed E-state index contributed by atoms with van der Waals surface area (Å²) in [5.41, 5.74) is 4.50. The highest BCUT2D eigenvalue weighted by Gasteiger charge is 2.19. The standard InChI is InChI=1S/C28H29NO3/c30-27(25-14-8-7-13-22(25)17-20-9-3-1-4-10-20)29-26-16-15-23(28(31)32)19-24(26)18-21-11-5-2-6-12-21/h2,5-8,11-16,19-20H,1,3-4,9-10,17-18H2,(H,29,30)(H,31,32). The van der Waals surface area contributed by atoms with Gasteiger partial charge in [0.25, 0.3) is 5.91 Å². The van der Waals surface area contributed by atoms with Gasteiger partial charge in [-0.3, -0.25) is 4.79 Å². The van der Waals surface area contributed by atoms with E-state index in [9.17, 15) is 14.7 Å². The van der Waals surface area contributed by atoms with Gasteiger partial charge in [-0.15, -0.1) is 0 Å². The first-order valence-electron chi connectivity index (χ1n) is 11.4. The Hall–Kier alpha value is -3.40. The molecule has 1 saturated carbocycles. The van der Waals surface area contributed by atoms with Gasteiger partial charge in [0.2, 0.25) is 0 Å². The Morgan fingerprint density at radius 3 is 2.31 bits per heavy atom. The van der Waals surface area contributed by atoms with E-state index < -0.39 is 5.97 Å². The maximum Gasteiger partial charge on any atom is 0.335 e. The molecular formula is C28H29NO3. The van der Waals surface area contributed by atoms with Crippen LogP contribution in [-0.4, -0.2) is 17.0 Å². The maximum atomic E-state index is 13.3. The lowest BCUT2D eigenvalue weighted by Crippen LogP contribution is -2.18. The molecule has 0 bridgehead atoms. The molecule has 3 aromatic carbocycles. The zero-order valence-electron chi connectivity index (χ0n) is 18.2. The molecule has 2 N–H and O–H groups in total. The van der Waals surface area contributed by atoms with E-state index in [1.807, 2.05) is 48.5 Å². The SMILES string of the molecule is O=C(O)c1ccc(NC(=O)c2ccccc2CC2CCCCC2)c(Cc2ccccc2)c1. The van der Waals surface area contributed by atoms with Crippen molar-refractivity contribution in [1.82, 2.24) is 0 Å². The van der Waals surface area contributed by atoms with Crippen molar-refractivity contribution in [2.24, 2.45) is 5.92 Å². The van der Waals surface area contributed by atoms with Crippen molar-refractivity contribution in [3.63, 3.8) is 0 Å². The Morgan fingerprint density at radius 2 is 1.56 bits per heavy atom. The van der Waals surface area contributed by atoms with Crippen LogP contribution in [0.25, 0.3) is 0 Å². The lowest BCUT2D eigenvalue weighted by molar-refractivity contribution is 0.0696. The van der Waals surface area contributed by atoms with Crippen molar-refractivity contribution < 1.29 is 14.7 Å². The van der Waals surface area contributed by atoms with Gasteiger partial charge in [-0.1, -0.05) is 80.6 Å². The van der Waals surface area contributed by atoms with Crippen LogP contribution in [0.3, 0.4) is 0 Å². The summed E-state index contributed by atoms with van der Waals surface area (Å²) in [6, 6.07) is 22.6. The number of aromatic carboxylic acids is 1. The third kappa shape index (κ3) is 5.44. The largest absolute Gasteiger partial charge is 0.478 e. The van der Waals surface area contributed by atoms with Crippen LogP contribution in [0.5, 0.6) is 0 Å². The van der Waals surface area contributed by atoms with E-state index in [4.69, 9.17) is 0 Å². The molecular weight excluding hydrogens is 398 g/mol. The second-order valence-corrected chi connectivity index (χ2v) is 8.66. The van der Waals surface area contributed by atoms with Gasteiger partial charge in [0.1, 0.15) is 0 Å². The molecule has 1 amide bonds. The molecule has 0 unspecified atom stereocenters. The molecule has 1 aliphatic carbocycles. The number of amides is 1. The van der Waals surface area contributed by atoms with Crippen LogP contribution in [0.2, 0.25) is 0 Å². The highest BCUT2D eigenvalue weighted by Crippen LogP contribution is 2.29. The molecule has 0 spiro atoms. The number of carboxylic acid groups (broad SMARTS) is 1. The number of benzene rings is 3. The Bertz CT molecular complexity index is 1080. The molecule has 0 aliphatic heterocycles. The van der Waals surface area contributed by atoms with Crippen LogP contribution in [0.1, 0.15) is 69.5 Å². The topological polar surface area (TPSA) is 66.4 Å². The summed E-state index contributed by atoms with van der Waals surface area (Å²) >= 11 is 0. The number of hydrogen-bond acceptors (Lipinski definition) is 2. The molecule has 4 nitrogen and oxygen atoms in total. The van der Waals surface area contributed by atoms with Crippen LogP contribution < -0.4 is 5.32 Å². The van der Waals surface area contributed by atoms with Gasteiger partial charge in [0.15, 0.2) is 0 Å². The average Bonchev–Trinajstić information content (AvgIpc) is 2.82. The van der Waals surface area contributed by atoms with Crippen molar-refractivity contribution >= 4 is 17.6 Å². The van der Waals surface area contributed by atoms with Gasteiger partial charge < -0.3 is 10.4 Å². The summed E-state index contributed by atoms with van der Waals surface area (Å²) in [6.45, 7) is 0. The van der Waals surface area contributed by atoms with E-state index in [1.165, 1.54) is 32.1 Å². The zero-order valence-corrected chi connectivity index (χ0v) is 18.2. The molecule has 3 aromatic rings. The van der Waals surface area contributed by atoms with Gasteiger partial charge in [0.05, 0.1) is 5.56 Å². The second-order valence-electron chi connectivity index (χ2n) is 8.66. The summed E-state index contributed by atoms with van der Waals surface area (Å²) in [5.74, 6) is -0.481. The molecule has 0 atom stereocenters. The lowest BCUT2D eigenvalue weighted by Gasteiger charge is -2.22. The highest BCUT2D eigenvalue weighted by molar-refractivity contribution is 6.06. The van der Waals surface area contributed by atoms with Crippen LogP contribution in [0.4, 0.5) is 5.69 Å². The third-order valence-electron chi connectivity index (χ3n) is 6.33. The van der Waals surface area contributed by atoms with Crippen molar-refractivity contribution in [3.8, 4) is 0 Å². The first-order valence-corrected chi connectivity index (χ1v) is 11.4. The minimum Gasteiger partial charge on any atom is -0.478 e. The van der Waals surface area contributed by atoms with Crippen molar-refractivity contribution in [2.45, 2.75) is 44.9 Å². The van der Waals surface area contributed by atoms with Crippen LogP contribution in [0.15, 0.2) is 72.8 Å². The van der Waals surface area contributed by atoms with E-state index in [0.29, 0.717) is 23.6 Å². The van der Waals surface area contributed by atoms with E-state index in [-0.39, 0.29) is 11.5 Å². The van der Waals surface area contributed by atoms with Crippen LogP contribution in [0, 0.1) is 5.92 Å². The average molecular weight is 428 g/mol. The number of anilines is 1. The van der Waals surface area contributed by atoms with Crippen LogP contribution >= 0.6 is 0 Å². The molecule has 0 heterocycles. The normalized spacial score (nSPS) is 14.1. The fraction of sp³-hybridized carbons (Fsp3) is 0.286. The Balaban J connectivity index is 1.58. The molecule has 164 valence electrons. The second kappa shape index (κ2) is 10.3. The highest BCUT2D eigenvalue weighted by atomic mass is 16.4. The first kappa shape index (κ1) is 21.8. The summed E-state index contributed by atoms with van der Waals surface area (Å²) < 4.78 is 0. The summed E-state index contributed by atoms with van der Waals surface area (Å²) in [4.78, 5) is 24.8.